The zero-order valence-electron chi connectivity index (χ0n) is 6.90. The second-order valence-electron chi connectivity index (χ2n) is 2.57. The number of nitrogens with one attached hydrogen (secondary N) is 1. The highest BCUT2D eigenvalue weighted by atomic mass is 16.1. The quantitative estimate of drug-likeness (QED) is 0.668. The largest absolute Gasteiger partial charge is 0.354 e. The SMILES string of the molecule is CC(C=O)CNc1ncccn1. The molecule has 0 spiro atoms. The number of carbonyl (C=O) groups is 1. The Labute approximate surface area is 71.0 Å². The maximum atomic E-state index is 10.2. The van der Waals surface area contributed by atoms with Crippen molar-refractivity contribution in [1.29, 1.82) is 0 Å². The summed E-state index contributed by atoms with van der Waals surface area (Å²) in [5.74, 6) is 0.556. The molecule has 0 aliphatic heterocycles. The van der Waals surface area contributed by atoms with Crippen LogP contribution in [0, 0.1) is 5.92 Å². The van der Waals surface area contributed by atoms with Crippen molar-refractivity contribution in [3.8, 4) is 0 Å². The van der Waals surface area contributed by atoms with Crippen molar-refractivity contribution in [3.05, 3.63) is 18.5 Å². The summed E-state index contributed by atoms with van der Waals surface area (Å²) in [7, 11) is 0. The van der Waals surface area contributed by atoms with Crippen LogP contribution in [-0.2, 0) is 4.79 Å². The van der Waals surface area contributed by atoms with E-state index in [1.165, 1.54) is 0 Å². The molecule has 0 bridgehead atoms. The Morgan fingerprint density at radius 3 is 2.83 bits per heavy atom. The van der Waals surface area contributed by atoms with Crippen molar-refractivity contribution < 1.29 is 4.79 Å². The topological polar surface area (TPSA) is 54.9 Å². The highest BCUT2D eigenvalue weighted by Gasteiger charge is 1.99. The normalized spacial score (nSPS) is 12.1. The van der Waals surface area contributed by atoms with E-state index in [0.29, 0.717) is 12.5 Å². The Kier molecular flexibility index (Phi) is 3.19. The minimum Gasteiger partial charge on any atom is -0.354 e. The fourth-order valence-electron chi connectivity index (χ4n) is 0.691. The van der Waals surface area contributed by atoms with E-state index >= 15 is 0 Å². The van der Waals surface area contributed by atoms with Crippen LogP contribution in [-0.4, -0.2) is 22.8 Å². The van der Waals surface area contributed by atoms with Gasteiger partial charge in [0.1, 0.15) is 6.29 Å². The van der Waals surface area contributed by atoms with E-state index in [0.717, 1.165) is 6.29 Å². The Hall–Kier alpha value is -1.45. The molecular weight excluding hydrogens is 154 g/mol. The Bertz CT molecular complexity index is 237. The summed E-state index contributed by atoms with van der Waals surface area (Å²) in [5.41, 5.74) is 0. The van der Waals surface area contributed by atoms with Crippen LogP contribution in [0.25, 0.3) is 0 Å². The highest BCUT2D eigenvalue weighted by molar-refractivity contribution is 5.53. The number of hydrogen-bond donors (Lipinski definition) is 1. The van der Waals surface area contributed by atoms with Crippen LogP contribution in [0.5, 0.6) is 0 Å². The van der Waals surface area contributed by atoms with E-state index in [1.54, 1.807) is 18.5 Å². The maximum Gasteiger partial charge on any atom is 0.222 e. The summed E-state index contributed by atoms with van der Waals surface area (Å²) in [5, 5.41) is 2.94. The molecule has 12 heavy (non-hydrogen) atoms. The Morgan fingerprint density at radius 2 is 2.25 bits per heavy atom. The molecule has 0 fully saturated rings. The van der Waals surface area contributed by atoms with Crippen LogP contribution in [0.15, 0.2) is 18.5 Å². The van der Waals surface area contributed by atoms with Gasteiger partial charge >= 0.3 is 0 Å². The van der Waals surface area contributed by atoms with Gasteiger partial charge in [-0.05, 0) is 6.07 Å². The number of aromatic nitrogens is 2. The first-order valence-corrected chi connectivity index (χ1v) is 3.79. The number of anilines is 1. The van der Waals surface area contributed by atoms with E-state index in [9.17, 15) is 4.79 Å². The van der Waals surface area contributed by atoms with Gasteiger partial charge in [-0.2, -0.15) is 0 Å². The molecule has 0 aromatic carbocycles. The third-order valence-corrected chi connectivity index (χ3v) is 1.38. The van der Waals surface area contributed by atoms with Crippen molar-refractivity contribution in [3.63, 3.8) is 0 Å². The minimum atomic E-state index is -0.00574. The van der Waals surface area contributed by atoms with Crippen molar-refractivity contribution in [1.82, 2.24) is 9.97 Å². The van der Waals surface area contributed by atoms with Gasteiger partial charge in [0.05, 0.1) is 0 Å². The summed E-state index contributed by atoms with van der Waals surface area (Å²) < 4.78 is 0. The molecule has 1 N–H and O–H groups in total. The summed E-state index contributed by atoms with van der Waals surface area (Å²) >= 11 is 0. The summed E-state index contributed by atoms with van der Waals surface area (Å²) in [6, 6.07) is 1.74. The van der Waals surface area contributed by atoms with Crippen molar-refractivity contribution >= 4 is 12.2 Å². The molecule has 4 heteroatoms. The molecule has 64 valence electrons. The molecule has 1 aromatic rings. The van der Waals surface area contributed by atoms with Gasteiger partial charge in [-0.1, -0.05) is 6.92 Å². The van der Waals surface area contributed by atoms with E-state index in [1.807, 2.05) is 6.92 Å². The molecular formula is C8H11N3O. The van der Waals surface area contributed by atoms with Gasteiger partial charge in [0, 0.05) is 24.9 Å². The Balaban J connectivity index is 2.38. The van der Waals surface area contributed by atoms with E-state index < -0.39 is 0 Å². The van der Waals surface area contributed by atoms with Crippen LogP contribution >= 0.6 is 0 Å². The number of nitrogens with zero attached hydrogens (tertiary/aromatic N) is 2. The van der Waals surface area contributed by atoms with Gasteiger partial charge in [-0.25, -0.2) is 9.97 Å². The van der Waals surface area contributed by atoms with Crippen LogP contribution in [0.2, 0.25) is 0 Å². The second-order valence-corrected chi connectivity index (χ2v) is 2.57. The maximum absolute atomic E-state index is 10.2. The van der Waals surface area contributed by atoms with Gasteiger partial charge in [-0.3, -0.25) is 0 Å². The zero-order chi connectivity index (χ0) is 8.81. The molecule has 1 heterocycles. The van der Waals surface area contributed by atoms with Gasteiger partial charge < -0.3 is 10.1 Å². The fraction of sp³-hybridized carbons (Fsp3) is 0.375. The number of carbonyl (C=O) groups excluding carboxylic acids is 1. The predicted octanol–water partition coefficient (Wildman–Crippen LogP) is 0.723. The lowest BCUT2D eigenvalue weighted by atomic mass is 10.2. The van der Waals surface area contributed by atoms with E-state index in [2.05, 4.69) is 15.3 Å². The standard InChI is InChI=1S/C8H11N3O/c1-7(6-12)5-11-8-9-3-2-4-10-8/h2-4,6-7H,5H2,1H3,(H,9,10,11). The molecule has 1 unspecified atom stereocenters. The van der Waals surface area contributed by atoms with E-state index in [4.69, 9.17) is 0 Å². The molecule has 0 aliphatic rings. The van der Waals surface area contributed by atoms with Crippen molar-refractivity contribution in [2.45, 2.75) is 6.92 Å². The smallest absolute Gasteiger partial charge is 0.222 e. The van der Waals surface area contributed by atoms with E-state index in [-0.39, 0.29) is 5.92 Å². The molecule has 1 aromatic heterocycles. The fourth-order valence-corrected chi connectivity index (χ4v) is 0.691. The summed E-state index contributed by atoms with van der Waals surface area (Å²) in [6.45, 7) is 2.41. The molecule has 4 nitrogen and oxygen atoms in total. The average Bonchev–Trinajstić information content (AvgIpc) is 2.16. The summed E-state index contributed by atoms with van der Waals surface area (Å²) in [4.78, 5) is 18.1. The van der Waals surface area contributed by atoms with Gasteiger partial charge in [0.2, 0.25) is 5.95 Å². The highest BCUT2D eigenvalue weighted by Crippen LogP contribution is 1.95. The zero-order valence-corrected chi connectivity index (χ0v) is 6.90. The van der Waals surface area contributed by atoms with Crippen LogP contribution in [0.3, 0.4) is 0 Å². The number of rotatable bonds is 4. The first-order chi connectivity index (χ1) is 5.83. The van der Waals surface area contributed by atoms with Gasteiger partial charge in [0.25, 0.3) is 0 Å². The van der Waals surface area contributed by atoms with Crippen LogP contribution in [0.4, 0.5) is 5.95 Å². The van der Waals surface area contributed by atoms with Crippen molar-refractivity contribution in [2.24, 2.45) is 5.92 Å². The molecule has 0 amide bonds. The predicted molar refractivity (Wildman–Crippen MR) is 45.7 cm³/mol. The van der Waals surface area contributed by atoms with Crippen LogP contribution in [0.1, 0.15) is 6.92 Å². The van der Waals surface area contributed by atoms with Gasteiger partial charge in [0.15, 0.2) is 0 Å². The van der Waals surface area contributed by atoms with Crippen molar-refractivity contribution in [2.75, 3.05) is 11.9 Å². The molecule has 0 saturated carbocycles. The second kappa shape index (κ2) is 4.43. The Morgan fingerprint density at radius 1 is 1.58 bits per heavy atom. The summed E-state index contributed by atoms with van der Waals surface area (Å²) in [6.07, 6.45) is 4.21. The lowest BCUT2D eigenvalue weighted by molar-refractivity contribution is -0.110. The number of aldehydes is 1. The lowest BCUT2D eigenvalue weighted by Crippen LogP contribution is -2.13. The molecule has 0 radical (unpaired) electrons. The average molecular weight is 165 g/mol. The van der Waals surface area contributed by atoms with Gasteiger partial charge in [-0.15, -0.1) is 0 Å². The molecule has 0 saturated heterocycles. The molecule has 0 aliphatic carbocycles. The van der Waals surface area contributed by atoms with Crippen LogP contribution < -0.4 is 5.32 Å². The first kappa shape index (κ1) is 8.64. The third-order valence-electron chi connectivity index (χ3n) is 1.38. The number of hydrogen-bond acceptors (Lipinski definition) is 4. The first-order valence-electron chi connectivity index (χ1n) is 3.79. The molecule has 1 rings (SSSR count). The lowest BCUT2D eigenvalue weighted by Gasteiger charge is -2.04. The monoisotopic (exact) mass is 165 g/mol. The minimum absolute atomic E-state index is 0.00574. The molecule has 1 atom stereocenters. The third kappa shape index (κ3) is 2.65.